The molecule has 93 heavy (non-hydrogen) atoms. The minimum Gasteiger partial charge on any atom is -0.456 e. The summed E-state index contributed by atoms with van der Waals surface area (Å²) >= 11 is 3.90. The second-order valence-electron chi connectivity index (χ2n) is 25.6. The second kappa shape index (κ2) is 18.6. The normalized spacial score (nSPS) is 15.0. The predicted molar refractivity (Wildman–Crippen MR) is 389 cm³/mol. The third kappa shape index (κ3) is 6.71. The van der Waals surface area contributed by atoms with Crippen molar-refractivity contribution in [1.82, 2.24) is 9.13 Å². The van der Waals surface area contributed by atoms with Crippen molar-refractivity contribution < 1.29 is 8.83 Å². The van der Waals surface area contributed by atoms with Crippen LogP contribution in [-0.4, -0.2) is 22.6 Å². The summed E-state index contributed by atoms with van der Waals surface area (Å²) in [5.41, 5.74) is 28.0. The Morgan fingerprint density at radius 3 is 1.24 bits per heavy atom. The summed E-state index contributed by atoms with van der Waals surface area (Å²) in [5, 5.41) is 9.28. The van der Waals surface area contributed by atoms with Gasteiger partial charge in [-0.3, -0.25) is 0 Å². The van der Waals surface area contributed by atoms with Crippen LogP contribution in [-0.2, 0) is 5.41 Å². The van der Waals surface area contributed by atoms with Crippen molar-refractivity contribution in [1.29, 1.82) is 0 Å². The smallest absolute Gasteiger partial charge is 0.244 e. The maximum absolute atomic E-state index is 6.71. The first-order valence-electron chi connectivity index (χ1n) is 32.1. The Morgan fingerprint density at radius 1 is 0.280 bits per heavy atom. The summed E-state index contributed by atoms with van der Waals surface area (Å²) in [6.45, 7) is 0.0695. The molecule has 0 bridgehead atoms. The summed E-state index contributed by atoms with van der Waals surface area (Å²) in [6, 6.07) is 110. The van der Waals surface area contributed by atoms with E-state index in [2.05, 4.69) is 300 Å². The van der Waals surface area contributed by atoms with Crippen molar-refractivity contribution in [3.05, 3.63) is 313 Å². The summed E-state index contributed by atoms with van der Waals surface area (Å²) < 4.78 is 18.3. The molecule has 1 atom stereocenters. The molecule has 6 heterocycles. The van der Waals surface area contributed by atoms with E-state index in [9.17, 15) is 0 Å². The molecule has 22 rings (SSSR count). The molecule has 18 aromatic rings. The molecule has 14 aromatic carbocycles. The Kier molecular flexibility index (Phi) is 10.2. The standard InChI is InChI=1S/C85H48B2N2O2S2/c1-3-19-49(20-4-1)86-67-27-11-17-33-79(67)92-83-69(86)41-39-65-81(83)61-43-51(88-72-30-14-8-24-54(72)58-47-77-60(46-73(58)88)56-26-10-16-32-76(56)90-77)35-37-63(61)85(65)64-38-36-52(89-71-29-13-7-23-53(71)57-45-59-55-25-9-15-31-75(55)91-78(59)48-74(57)89)44-62(64)82-66(85)40-42-70-84(82)93-80-34-18-12-28-68(80)87(70)50-21-5-2-6-22-50/h1-48H. The third-order valence-corrected chi connectivity index (χ3v) is 23.6. The Morgan fingerprint density at radius 2 is 0.699 bits per heavy atom. The van der Waals surface area contributed by atoms with Gasteiger partial charge in [-0.15, -0.1) is 0 Å². The van der Waals surface area contributed by atoms with E-state index in [0.29, 0.717) is 0 Å². The third-order valence-electron chi connectivity index (χ3n) is 21.2. The first-order valence-corrected chi connectivity index (χ1v) is 33.7. The van der Waals surface area contributed by atoms with Crippen LogP contribution in [0, 0.1) is 0 Å². The van der Waals surface area contributed by atoms with E-state index in [1.807, 2.05) is 23.5 Å². The van der Waals surface area contributed by atoms with E-state index in [4.69, 9.17) is 8.83 Å². The summed E-state index contributed by atoms with van der Waals surface area (Å²) in [7, 11) is 0. The molecule has 2 aliphatic heterocycles. The molecule has 4 nitrogen and oxygen atoms in total. The van der Waals surface area contributed by atoms with E-state index in [-0.39, 0.29) is 13.4 Å². The van der Waals surface area contributed by atoms with E-state index in [1.54, 1.807) is 0 Å². The number of hydrogen-bond donors (Lipinski definition) is 0. The molecule has 428 valence electrons. The molecule has 0 saturated carbocycles. The fourth-order valence-corrected chi connectivity index (χ4v) is 20.0. The topological polar surface area (TPSA) is 36.1 Å². The monoisotopic (exact) mass is 1210 g/mol. The Hall–Kier alpha value is -10.9. The molecule has 0 saturated heterocycles. The number of fused-ring (bicyclic) bond motifs is 28. The highest BCUT2D eigenvalue weighted by Gasteiger charge is 2.55. The number of para-hydroxylation sites is 4. The van der Waals surface area contributed by atoms with Crippen molar-refractivity contribution in [2.24, 2.45) is 0 Å². The van der Waals surface area contributed by atoms with Crippen LogP contribution in [0.3, 0.4) is 0 Å². The molecule has 8 heteroatoms. The SMILES string of the molecule is c1ccc(B2c3ccccc3Sc3c2ccc2c3-c3cc(-n4c5ccccc5c5cc6c(cc54)oc4ccccc46)ccc3C23c2ccc(-n4c5ccccc5c5cc6oc7ccccc7c6cc54)cc2-c2c3ccc3c2Sc2ccccc2B3c2ccccc2)cc1. The van der Waals surface area contributed by atoms with Gasteiger partial charge in [-0.05, 0) is 112 Å². The van der Waals surface area contributed by atoms with Gasteiger partial charge in [0.2, 0.25) is 13.4 Å². The van der Waals surface area contributed by atoms with Crippen LogP contribution in [0.15, 0.2) is 320 Å². The number of hydrogen-bond acceptors (Lipinski definition) is 4. The van der Waals surface area contributed by atoms with Gasteiger partial charge >= 0.3 is 0 Å². The lowest BCUT2D eigenvalue weighted by Crippen LogP contribution is -2.55. The van der Waals surface area contributed by atoms with Crippen LogP contribution in [0.2, 0.25) is 0 Å². The maximum atomic E-state index is 6.71. The first kappa shape index (κ1) is 50.8. The van der Waals surface area contributed by atoms with E-state index in [0.717, 1.165) is 77.3 Å². The highest BCUT2D eigenvalue weighted by Crippen LogP contribution is 2.66. The van der Waals surface area contributed by atoms with Crippen LogP contribution in [0.25, 0.3) is 121 Å². The predicted octanol–water partition coefficient (Wildman–Crippen LogP) is 18.0. The van der Waals surface area contributed by atoms with E-state index in [1.165, 1.54) is 118 Å². The Bertz CT molecular complexity index is 6360. The molecule has 4 aliphatic rings. The average molecular weight is 1220 g/mol. The average Bonchev–Trinajstić information content (AvgIpc) is 1.50. The van der Waals surface area contributed by atoms with E-state index < -0.39 is 5.41 Å². The summed E-state index contributed by atoms with van der Waals surface area (Å²) in [4.78, 5) is 5.23. The minimum atomic E-state index is -0.722. The summed E-state index contributed by atoms with van der Waals surface area (Å²) in [6.07, 6.45) is 0. The van der Waals surface area contributed by atoms with Gasteiger partial charge in [0.05, 0.1) is 27.5 Å². The lowest BCUT2D eigenvalue weighted by Gasteiger charge is -2.33. The first-order chi connectivity index (χ1) is 46.1. The maximum Gasteiger partial charge on any atom is 0.244 e. The number of benzene rings is 14. The van der Waals surface area contributed by atoms with Crippen LogP contribution in [0.5, 0.6) is 0 Å². The van der Waals surface area contributed by atoms with Gasteiger partial charge < -0.3 is 18.0 Å². The van der Waals surface area contributed by atoms with Gasteiger partial charge in [-0.2, -0.15) is 0 Å². The zero-order chi connectivity index (χ0) is 60.4. The van der Waals surface area contributed by atoms with E-state index >= 15 is 0 Å². The van der Waals surface area contributed by atoms with Gasteiger partial charge in [0.25, 0.3) is 0 Å². The molecular weight excluding hydrogens is 1170 g/mol. The molecule has 2 aliphatic carbocycles. The fourth-order valence-electron chi connectivity index (χ4n) is 17.4. The minimum absolute atomic E-state index is 0.0345. The van der Waals surface area contributed by atoms with Crippen LogP contribution >= 0.6 is 23.5 Å². The molecule has 0 fully saturated rings. The van der Waals surface area contributed by atoms with Crippen LogP contribution in [0.1, 0.15) is 22.3 Å². The number of furan rings is 2. The van der Waals surface area contributed by atoms with Crippen molar-refractivity contribution in [2.75, 3.05) is 0 Å². The number of rotatable bonds is 4. The highest BCUT2D eigenvalue weighted by atomic mass is 32.2. The van der Waals surface area contributed by atoms with Crippen molar-refractivity contribution >= 4 is 157 Å². The zero-order valence-corrected chi connectivity index (χ0v) is 51.5. The Labute approximate surface area is 543 Å². The van der Waals surface area contributed by atoms with Gasteiger partial charge in [-0.25, -0.2) is 0 Å². The van der Waals surface area contributed by atoms with Gasteiger partial charge in [0.15, 0.2) is 0 Å². The fraction of sp³-hybridized carbons (Fsp3) is 0.0118. The molecule has 0 radical (unpaired) electrons. The quantitative estimate of drug-likeness (QED) is 0.165. The van der Waals surface area contributed by atoms with Crippen molar-refractivity contribution in [3.63, 3.8) is 0 Å². The Balaban J connectivity index is 0.861. The van der Waals surface area contributed by atoms with Gasteiger partial charge in [-0.1, -0.05) is 263 Å². The molecular formula is C85H48B2N2O2S2. The zero-order valence-electron chi connectivity index (χ0n) is 49.9. The molecule has 1 unspecified atom stereocenters. The molecule has 4 aromatic heterocycles. The molecule has 0 N–H and O–H groups in total. The van der Waals surface area contributed by atoms with Gasteiger partial charge in [0.1, 0.15) is 22.3 Å². The van der Waals surface area contributed by atoms with Crippen LogP contribution in [0.4, 0.5) is 0 Å². The second-order valence-corrected chi connectivity index (χ2v) is 27.7. The lowest BCUT2D eigenvalue weighted by molar-refractivity contribution is 0.669. The molecule has 0 amide bonds. The largest absolute Gasteiger partial charge is 0.456 e. The lowest BCUT2D eigenvalue weighted by atomic mass is 9.36. The highest BCUT2D eigenvalue weighted by molar-refractivity contribution is 8.00. The number of aromatic nitrogens is 2. The molecule has 1 spiro atoms. The number of nitrogens with zero attached hydrogens (tertiary/aromatic N) is 2. The van der Waals surface area contributed by atoms with Gasteiger partial charge in [0, 0.05) is 91.2 Å². The van der Waals surface area contributed by atoms with Crippen molar-refractivity contribution in [3.8, 4) is 33.6 Å². The van der Waals surface area contributed by atoms with Crippen LogP contribution < -0.4 is 32.8 Å². The van der Waals surface area contributed by atoms with Crippen molar-refractivity contribution in [2.45, 2.75) is 25.0 Å². The summed E-state index contributed by atoms with van der Waals surface area (Å²) in [5.74, 6) is 0.